The Bertz CT molecular complexity index is 915. The normalized spacial score (nSPS) is 27.8. The summed E-state index contributed by atoms with van der Waals surface area (Å²) in [4.78, 5) is 44.4. The number of benzene rings is 1. The molecule has 2 saturated heterocycles. The fraction of sp³-hybridized carbons (Fsp3) is 0.591. The van der Waals surface area contributed by atoms with Crippen LogP contribution in [-0.4, -0.2) is 71.2 Å². The van der Waals surface area contributed by atoms with Crippen molar-refractivity contribution in [2.45, 2.75) is 56.3 Å². The number of hydrogen-bond acceptors (Lipinski definition) is 4. The van der Waals surface area contributed by atoms with Gasteiger partial charge in [-0.05, 0) is 38.4 Å². The highest BCUT2D eigenvalue weighted by molar-refractivity contribution is 6.11. The molecule has 4 rings (SSSR count). The van der Waals surface area contributed by atoms with Crippen molar-refractivity contribution in [2.75, 3.05) is 26.7 Å². The first-order chi connectivity index (χ1) is 14.5. The molecule has 0 N–H and O–H groups in total. The molecule has 2 aliphatic heterocycles. The lowest BCUT2D eigenvalue weighted by molar-refractivity contribution is -0.144. The molecule has 3 aliphatic rings. The highest BCUT2D eigenvalue weighted by Crippen LogP contribution is 2.45. The van der Waals surface area contributed by atoms with E-state index < -0.39 is 29.0 Å². The molecule has 0 aromatic heterocycles. The second kappa shape index (κ2) is 7.62. The average Bonchev–Trinajstić information content (AvgIpc) is 3.50. The third kappa shape index (κ3) is 3.95. The summed E-state index contributed by atoms with van der Waals surface area (Å²) < 4.78 is 40.1. The summed E-state index contributed by atoms with van der Waals surface area (Å²) in [6, 6.07) is 4.44. The number of amides is 3. The fourth-order valence-electron chi connectivity index (χ4n) is 4.57. The third-order valence-electron chi connectivity index (χ3n) is 6.77. The summed E-state index contributed by atoms with van der Waals surface area (Å²) in [6.07, 6.45) is -3.78. The lowest BCUT2D eigenvalue weighted by Crippen LogP contribution is -2.53. The van der Waals surface area contributed by atoms with Crippen molar-refractivity contribution in [2.24, 2.45) is 0 Å². The molecule has 0 bridgehead atoms. The van der Waals surface area contributed by atoms with Gasteiger partial charge in [0.25, 0.3) is 0 Å². The Morgan fingerprint density at radius 1 is 1.19 bits per heavy atom. The molecular weight excluding hydrogens is 411 g/mol. The standard InChI is InChI=1S/C22H26F3N3O3/c1-14-13-27(9-8-26(14)2)18(29)11-21(12-19(30)28(20(21)31)17-6-7-17)15-4-3-5-16(10-15)22(23,24)25/h3-5,10,14,17H,6-9,11-13H2,1-2H3/t14-,21+/m0/s1. The minimum atomic E-state index is -4.59. The second-order valence-electron chi connectivity index (χ2n) is 8.98. The topological polar surface area (TPSA) is 60.9 Å². The van der Waals surface area contributed by atoms with Gasteiger partial charge in [0.05, 0.1) is 11.0 Å². The molecule has 0 radical (unpaired) electrons. The number of hydrogen-bond donors (Lipinski definition) is 0. The number of likely N-dealkylation sites (N-methyl/N-ethyl adjacent to an activating group) is 1. The summed E-state index contributed by atoms with van der Waals surface area (Å²) >= 11 is 0. The minimum absolute atomic E-state index is 0.0827. The van der Waals surface area contributed by atoms with Crippen LogP contribution in [0.15, 0.2) is 24.3 Å². The van der Waals surface area contributed by atoms with E-state index in [2.05, 4.69) is 4.90 Å². The summed E-state index contributed by atoms with van der Waals surface area (Å²) in [5.41, 5.74) is -2.40. The van der Waals surface area contributed by atoms with E-state index in [1.807, 2.05) is 14.0 Å². The lowest BCUT2D eigenvalue weighted by atomic mass is 9.75. The summed E-state index contributed by atoms with van der Waals surface area (Å²) in [5.74, 6) is -1.27. The van der Waals surface area contributed by atoms with Crippen LogP contribution in [0.5, 0.6) is 0 Å². The van der Waals surface area contributed by atoms with Crippen molar-refractivity contribution >= 4 is 17.7 Å². The smallest absolute Gasteiger partial charge is 0.340 e. The van der Waals surface area contributed by atoms with Gasteiger partial charge in [-0.25, -0.2) is 0 Å². The van der Waals surface area contributed by atoms with Crippen LogP contribution >= 0.6 is 0 Å². The van der Waals surface area contributed by atoms with E-state index in [1.165, 1.54) is 17.0 Å². The zero-order valence-corrected chi connectivity index (χ0v) is 17.6. The Labute approximate surface area is 179 Å². The van der Waals surface area contributed by atoms with Gasteiger partial charge in [0.1, 0.15) is 0 Å². The van der Waals surface area contributed by atoms with Crippen LogP contribution in [0.2, 0.25) is 0 Å². The molecule has 3 amide bonds. The van der Waals surface area contributed by atoms with Crippen molar-refractivity contribution in [3.8, 4) is 0 Å². The number of alkyl halides is 3. The first-order valence-corrected chi connectivity index (χ1v) is 10.6. The van der Waals surface area contributed by atoms with Crippen molar-refractivity contribution < 1.29 is 27.6 Å². The van der Waals surface area contributed by atoms with E-state index in [9.17, 15) is 27.6 Å². The first kappa shape index (κ1) is 21.8. The van der Waals surface area contributed by atoms with E-state index in [0.717, 1.165) is 12.1 Å². The van der Waals surface area contributed by atoms with Crippen LogP contribution in [0.25, 0.3) is 0 Å². The Hall–Kier alpha value is -2.42. The van der Waals surface area contributed by atoms with E-state index in [1.54, 1.807) is 4.90 Å². The van der Waals surface area contributed by atoms with Crippen molar-refractivity contribution in [3.63, 3.8) is 0 Å². The second-order valence-corrected chi connectivity index (χ2v) is 8.98. The molecule has 1 aromatic rings. The number of imide groups is 1. The maximum Gasteiger partial charge on any atom is 0.416 e. The van der Waals surface area contributed by atoms with Crippen LogP contribution in [0, 0.1) is 0 Å². The van der Waals surface area contributed by atoms with Crippen LogP contribution in [-0.2, 0) is 26.0 Å². The van der Waals surface area contributed by atoms with Crippen LogP contribution in [0.1, 0.15) is 43.7 Å². The predicted octanol–water partition coefficient (Wildman–Crippen LogP) is 2.42. The summed E-state index contributed by atoms with van der Waals surface area (Å²) in [7, 11) is 1.96. The van der Waals surface area contributed by atoms with Crippen molar-refractivity contribution in [1.29, 1.82) is 0 Å². The average molecular weight is 437 g/mol. The van der Waals surface area contributed by atoms with Crippen molar-refractivity contribution in [1.82, 2.24) is 14.7 Å². The Morgan fingerprint density at radius 2 is 1.90 bits per heavy atom. The molecule has 168 valence electrons. The van der Waals surface area contributed by atoms with E-state index in [0.29, 0.717) is 32.5 Å². The molecule has 3 fully saturated rings. The number of carbonyl (C=O) groups is 3. The zero-order chi connectivity index (χ0) is 22.6. The zero-order valence-electron chi connectivity index (χ0n) is 17.6. The van der Waals surface area contributed by atoms with Gasteiger partial charge in [-0.1, -0.05) is 18.2 Å². The molecule has 2 heterocycles. The SMILES string of the molecule is C[C@H]1CN(C(=O)C[C@]2(c3cccc(C(F)(F)F)c3)CC(=O)N(C3CC3)C2=O)CCN1C. The predicted molar refractivity (Wildman–Crippen MR) is 106 cm³/mol. The Morgan fingerprint density at radius 3 is 2.52 bits per heavy atom. The number of halogens is 3. The Kier molecular flexibility index (Phi) is 5.36. The van der Waals surface area contributed by atoms with Gasteiger partial charge in [-0.3, -0.25) is 19.3 Å². The van der Waals surface area contributed by atoms with E-state index in [4.69, 9.17) is 0 Å². The quantitative estimate of drug-likeness (QED) is 0.679. The molecule has 0 unspecified atom stereocenters. The Balaban J connectivity index is 1.70. The van der Waals surface area contributed by atoms with Gasteiger partial charge in [0, 0.05) is 44.6 Å². The molecule has 0 spiro atoms. The summed E-state index contributed by atoms with van der Waals surface area (Å²) in [5, 5.41) is 0. The molecule has 9 heteroatoms. The van der Waals surface area contributed by atoms with E-state index >= 15 is 0 Å². The van der Waals surface area contributed by atoms with Gasteiger partial charge >= 0.3 is 6.18 Å². The lowest BCUT2D eigenvalue weighted by Gasteiger charge is -2.39. The molecule has 6 nitrogen and oxygen atoms in total. The van der Waals surface area contributed by atoms with Gasteiger partial charge < -0.3 is 9.80 Å². The first-order valence-electron chi connectivity index (χ1n) is 10.6. The van der Waals surface area contributed by atoms with Gasteiger partial charge in [0.2, 0.25) is 17.7 Å². The van der Waals surface area contributed by atoms with Crippen LogP contribution in [0.3, 0.4) is 0 Å². The van der Waals surface area contributed by atoms with Crippen LogP contribution in [0.4, 0.5) is 13.2 Å². The maximum atomic E-state index is 13.5. The molecule has 2 atom stereocenters. The minimum Gasteiger partial charge on any atom is -0.340 e. The molecule has 1 aromatic carbocycles. The highest BCUT2D eigenvalue weighted by Gasteiger charge is 2.57. The summed E-state index contributed by atoms with van der Waals surface area (Å²) in [6.45, 7) is 3.61. The number of likely N-dealkylation sites (tertiary alicyclic amines) is 1. The van der Waals surface area contributed by atoms with Crippen LogP contribution < -0.4 is 0 Å². The monoisotopic (exact) mass is 437 g/mol. The third-order valence-corrected chi connectivity index (χ3v) is 6.77. The maximum absolute atomic E-state index is 13.5. The fourth-order valence-corrected chi connectivity index (χ4v) is 4.57. The number of carbonyl (C=O) groups excluding carboxylic acids is 3. The van der Waals surface area contributed by atoms with Crippen molar-refractivity contribution in [3.05, 3.63) is 35.4 Å². The van der Waals surface area contributed by atoms with Gasteiger partial charge in [-0.2, -0.15) is 13.2 Å². The van der Waals surface area contributed by atoms with Gasteiger partial charge in [-0.15, -0.1) is 0 Å². The molecule has 31 heavy (non-hydrogen) atoms. The number of piperazine rings is 1. The largest absolute Gasteiger partial charge is 0.416 e. The highest BCUT2D eigenvalue weighted by atomic mass is 19.4. The number of nitrogens with zero attached hydrogens (tertiary/aromatic N) is 3. The van der Waals surface area contributed by atoms with E-state index in [-0.39, 0.29) is 36.4 Å². The number of rotatable bonds is 4. The molecule has 1 aliphatic carbocycles. The van der Waals surface area contributed by atoms with Gasteiger partial charge in [0.15, 0.2) is 0 Å². The molecule has 1 saturated carbocycles. The molecular formula is C22H26F3N3O3.